The summed E-state index contributed by atoms with van der Waals surface area (Å²) in [5.41, 5.74) is -0.0991. The van der Waals surface area contributed by atoms with Crippen LogP contribution in [0.2, 0.25) is 0 Å². The van der Waals surface area contributed by atoms with Gasteiger partial charge < -0.3 is 15.5 Å². The summed E-state index contributed by atoms with van der Waals surface area (Å²) in [7, 11) is 0. The molecule has 2 rings (SSSR count). The third-order valence-corrected chi connectivity index (χ3v) is 3.59. The Hall–Kier alpha value is -1.10. The third kappa shape index (κ3) is 2.60. The van der Waals surface area contributed by atoms with Gasteiger partial charge in [0.1, 0.15) is 0 Å². The average Bonchev–Trinajstić information content (AvgIpc) is 2.51. The van der Waals surface area contributed by atoms with E-state index in [0.717, 1.165) is 19.6 Å². The first-order chi connectivity index (χ1) is 8.02. The molecule has 0 aliphatic carbocycles. The molecule has 96 valence electrons. The van der Waals surface area contributed by atoms with Gasteiger partial charge in [-0.2, -0.15) is 0 Å². The Morgan fingerprint density at radius 2 is 2.18 bits per heavy atom. The van der Waals surface area contributed by atoms with Crippen molar-refractivity contribution < 1.29 is 9.59 Å². The normalized spacial score (nSPS) is 29.6. The number of nitrogens with one attached hydrogen (secondary N) is 2. The second kappa shape index (κ2) is 4.64. The van der Waals surface area contributed by atoms with Crippen molar-refractivity contribution in [3.63, 3.8) is 0 Å². The molecule has 1 spiro atoms. The summed E-state index contributed by atoms with van der Waals surface area (Å²) in [6, 6.07) is 0. The van der Waals surface area contributed by atoms with E-state index in [4.69, 9.17) is 0 Å². The van der Waals surface area contributed by atoms with Crippen molar-refractivity contribution in [3.8, 4) is 0 Å². The van der Waals surface area contributed by atoms with Crippen LogP contribution in [-0.2, 0) is 9.59 Å². The van der Waals surface area contributed by atoms with Crippen molar-refractivity contribution >= 4 is 11.8 Å². The minimum Gasteiger partial charge on any atom is -0.355 e. The van der Waals surface area contributed by atoms with Gasteiger partial charge in [0.2, 0.25) is 11.8 Å². The van der Waals surface area contributed by atoms with E-state index in [2.05, 4.69) is 10.6 Å². The molecule has 2 amide bonds. The topological polar surface area (TPSA) is 61.4 Å². The predicted molar refractivity (Wildman–Crippen MR) is 64.3 cm³/mol. The smallest absolute Gasteiger partial charge is 0.225 e. The first-order valence-corrected chi connectivity index (χ1v) is 6.29. The van der Waals surface area contributed by atoms with Gasteiger partial charge in [-0.05, 0) is 0 Å². The lowest BCUT2D eigenvalue weighted by Crippen LogP contribution is -2.44. The molecule has 0 radical (unpaired) electrons. The van der Waals surface area contributed by atoms with E-state index in [1.807, 2.05) is 18.7 Å². The molecule has 1 atom stereocenters. The van der Waals surface area contributed by atoms with Gasteiger partial charge in [0.05, 0.1) is 0 Å². The van der Waals surface area contributed by atoms with Gasteiger partial charge in [-0.15, -0.1) is 0 Å². The van der Waals surface area contributed by atoms with Crippen LogP contribution in [-0.4, -0.2) is 49.4 Å². The Kier molecular flexibility index (Phi) is 3.38. The molecule has 0 aromatic carbocycles. The van der Waals surface area contributed by atoms with E-state index in [-0.39, 0.29) is 23.1 Å². The number of rotatable bonds is 1. The standard InChI is InChI=1S/C12H21N3O2/c1-9(2)11(17)15-4-3-13-6-12(8-15)5-10(16)14-7-12/h9,13H,3-8H2,1-2H3,(H,14,16). The molecule has 5 heteroatoms. The summed E-state index contributed by atoms with van der Waals surface area (Å²) in [6.07, 6.45) is 0.530. The van der Waals surface area contributed by atoms with Crippen LogP contribution in [0.1, 0.15) is 20.3 Å². The van der Waals surface area contributed by atoms with Gasteiger partial charge in [0.15, 0.2) is 0 Å². The zero-order chi connectivity index (χ0) is 12.5. The molecule has 17 heavy (non-hydrogen) atoms. The quantitative estimate of drug-likeness (QED) is 0.653. The Morgan fingerprint density at radius 3 is 2.76 bits per heavy atom. The molecule has 1 unspecified atom stereocenters. The average molecular weight is 239 g/mol. The van der Waals surface area contributed by atoms with Crippen molar-refractivity contribution in [2.24, 2.45) is 11.3 Å². The van der Waals surface area contributed by atoms with Gasteiger partial charge in [0.25, 0.3) is 0 Å². The summed E-state index contributed by atoms with van der Waals surface area (Å²) < 4.78 is 0. The van der Waals surface area contributed by atoms with Crippen LogP contribution in [0.4, 0.5) is 0 Å². The van der Waals surface area contributed by atoms with Gasteiger partial charge in [-0.3, -0.25) is 9.59 Å². The van der Waals surface area contributed by atoms with Gasteiger partial charge >= 0.3 is 0 Å². The second-order valence-corrected chi connectivity index (χ2v) is 5.54. The Balaban J connectivity index is 2.10. The number of hydrogen-bond donors (Lipinski definition) is 2. The van der Waals surface area contributed by atoms with E-state index < -0.39 is 0 Å². The highest BCUT2D eigenvalue weighted by atomic mass is 16.2. The van der Waals surface area contributed by atoms with Crippen molar-refractivity contribution in [2.75, 3.05) is 32.7 Å². The monoisotopic (exact) mass is 239 g/mol. The van der Waals surface area contributed by atoms with E-state index in [9.17, 15) is 9.59 Å². The first-order valence-electron chi connectivity index (χ1n) is 6.29. The number of nitrogens with zero attached hydrogens (tertiary/aromatic N) is 1. The summed E-state index contributed by atoms with van der Waals surface area (Å²) in [6.45, 7) is 7.59. The molecule has 2 aliphatic rings. The summed E-state index contributed by atoms with van der Waals surface area (Å²) in [4.78, 5) is 25.4. The van der Waals surface area contributed by atoms with Crippen LogP contribution in [0.25, 0.3) is 0 Å². The lowest BCUT2D eigenvalue weighted by molar-refractivity contribution is -0.135. The maximum atomic E-state index is 12.1. The molecule has 2 N–H and O–H groups in total. The van der Waals surface area contributed by atoms with E-state index in [0.29, 0.717) is 19.5 Å². The number of carbonyl (C=O) groups excluding carboxylic acids is 2. The first kappa shape index (κ1) is 12.4. The Morgan fingerprint density at radius 1 is 1.41 bits per heavy atom. The van der Waals surface area contributed by atoms with Crippen LogP contribution < -0.4 is 10.6 Å². The van der Waals surface area contributed by atoms with Crippen LogP contribution in [0, 0.1) is 11.3 Å². The summed E-state index contributed by atoms with van der Waals surface area (Å²) in [5, 5.41) is 6.22. The minimum atomic E-state index is -0.0991. The largest absolute Gasteiger partial charge is 0.355 e. The number of amides is 2. The molecule has 2 saturated heterocycles. The van der Waals surface area contributed by atoms with Crippen LogP contribution >= 0.6 is 0 Å². The van der Waals surface area contributed by atoms with Crippen molar-refractivity contribution in [1.82, 2.24) is 15.5 Å². The zero-order valence-electron chi connectivity index (χ0n) is 10.6. The molecular formula is C12H21N3O2. The zero-order valence-corrected chi connectivity index (χ0v) is 10.6. The molecule has 0 aromatic rings. The van der Waals surface area contributed by atoms with Gasteiger partial charge in [-0.1, -0.05) is 13.8 Å². The molecule has 2 fully saturated rings. The number of carbonyl (C=O) groups is 2. The summed E-state index contributed by atoms with van der Waals surface area (Å²) >= 11 is 0. The minimum absolute atomic E-state index is 0.0233. The van der Waals surface area contributed by atoms with E-state index in [1.54, 1.807) is 0 Å². The maximum Gasteiger partial charge on any atom is 0.225 e. The second-order valence-electron chi connectivity index (χ2n) is 5.54. The van der Waals surface area contributed by atoms with Crippen LogP contribution in [0.5, 0.6) is 0 Å². The number of hydrogen-bond acceptors (Lipinski definition) is 3. The van der Waals surface area contributed by atoms with E-state index in [1.165, 1.54) is 0 Å². The predicted octanol–water partition coefficient (Wildman–Crippen LogP) is -0.419. The molecule has 5 nitrogen and oxygen atoms in total. The third-order valence-electron chi connectivity index (χ3n) is 3.59. The molecule has 2 heterocycles. The summed E-state index contributed by atoms with van der Waals surface area (Å²) in [5.74, 6) is 0.313. The van der Waals surface area contributed by atoms with Crippen molar-refractivity contribution in [1.29, 1.82) is 0 Å². The van der Waals surface area contributed by atoms with Crippen molar-refractivity contribution in [3.05, 3.63) is 0 Å². The molecule has 0 saturated carbocycles. The van der Waals surface area contributed by atoms with E-state index >= 15 is 0 Å². The van der Waals surface area contributed by atoms with Gasteiger partial charge in [0, 0.05) is 50.5 Å². The van der Waals surface area contributed by atoms with Gasteiger partial charge in [-0.25, -0.2) is 0 Å². The molecule has 2 aliphatic heterocycles. The fourth-order valence-electron chi connectivity index (χ4n) is 2.65. The molecule has 0 bridgehead atoms. The maximum absolute atomic E-state index is 12.1. The highest BCUT2D eigenvalue weighted by Crippen LogP contribution is 2.28. The Bertz CT molecular complexity index is 330. The van der Waals surface area contributed by atoms with Crippen LogP contribution in [0.15, 0.2) is 0 Å². The van der Waals surface area contributed by atoms with Crippen LogP contribution in [0.3, 0.4) is 0 Å². The Labute approximate surface area is 102 Å². The highest BCUT2D eigenvalue weighted by Gasteiger charge is 2.41. The lowest BCUT2D eigenvalue weighted by atomic mass is 9.86. The molecular weight excluding hydrogens is 218 g/mol. The SMILES string of the molecule is CC(C)C(=O)N1CCNCC2(CNC(=O)C2)C1. The fraction of sp³-hybridized carbons (Fsp3) is 0.833. The molecule has 0 aromatic heterocycles. The lowest BCUT2D eigenvalue weighted by Gasteiger charge is -2.31. The van der Waals surface area contributed by atoms with Crippen molar-refractivity contribution in [2.45, 2.75) is 20.3 Å². The fourth-order valence-corrected chi connectivity index (χ4v) is 2.65. The highest BCUT2D eigenvalue weighted by molar-refractivity contribution is 5.80.